The zero-order valence-electron chi connectivity index (χ0n) is 20.8. The summed E-state index contributed by atoms with van der Waals surface area (Å²) in [5, 5.41) is 10.2. The van der Waals surface area contributed by atoms with E-state index in [-0.39, 0.29) is 23.9 Å². The van der Waals surface area contributed by atoms with Crippen LogP contribution in [0.15, 0.2) is 48.0 Å². The van der Waals surface area contributed by atoms with Crippen LogP contribution in [0.2, 0.25) is 5.02 Å². The molecule has 208 valence electrons. The molecule has 2 heterocycles. The van der Waals surface area contributed by atoms with Crippen LogP contribution in [0.3, 0.4) is 0 Å². The normalized spacial score (nSPS) is 33.2. The van der Waals surface area contributed by atoms with Crippen LogP contribution < -0.4 is 4.90 Å². The molecule has 1 N–H and O–H groups in total. The lowest BCUT2D eigenvalue weighted by molar-refractivity contribution is -0.138. The van der Waals surface area contributed by atoms with Gasteiger partial charge in [-0.15, -0.1) is 23.2 Å². The highest BCUT2D eigenvalue weighted by atomic mass is 79.9. The van der Waals surface area contributed by atoms with Gasteiger partial charge < -0.3 is 5.11 Å². The SMILES string of the molecule is Cc1ccc(N2C(=O)C3CC=C4C(CC5(Cl)C(=O)N(CBr)C(=O)C5(Cl)C4c4ccc(O)c(F)c4)C3C2=O)cc1Cl. The maximum Gasteiger partial charge on any atom is 0.254 e. The van der Waals surface area contributed by atoms with Crippen LogP contribution in [-0.2, 0) is 19.2 Å². The number of aromatic hydroxyl groups is 1. The third-order valence-electron chi connectivity index (χ3n) is 8.73. The van der Waals surface area contributed by atoms with Gasteiger partial charge >= 0.3 is 0 Å². The number of amides is 4. The number of likely N-dealkylation sites (tertiary alicyclic amines) is 1. The predicted octanol–water partition coefficient (Wildman–Crippen LogP) is 5.41. The van der Waals surface area contributed by atoms with Crippen molar-refractivity contribution < 1.29 is 28.7 Å². The third-order valence-corrected chi connectivity index (χ3v) is 11.1. The van der Waals surface area contributed by atoms with E-state index >= 15 is 0 Å². The molecular formula is C28H21BrCl3FN2O5. The molecule has 6 rings (SSSR count). The van der Waals surface area contributed by atoms with E-state index in [2.05, 4.69) is 15.9 Å². The van der Waals surface area contributed by atoms with Gasteiger partial charge in [0.25, 0.3) is 11.8 Å². The number of fused-ring (bicyclic) bond motifs is 4. The maximum absolute atomic E-state index is 14.6. The summed E-state index contributed by atoms with van der Waals surface area (Å²) >= 11 is 23.7. The van der Waals surface area contributed by atoms with Gasteiger partial charge in [-0.3, -0.25) is 24.1 Å². The first kappa shape index (κ1) is 27.7. The second-order valence-corrected chi connectivity index (χ2v) is 12.8. The van der Waals surface area contributed by atoms with E-state index in [9.17, 15) is 28.7 Å². The first-order chi connectivity index (χ1) is 18.9. The molecule has 7 nitrogen and oxygen atoms in total. The van der Waals surface area contributed by atoms with E-state index in [0.717, 1.165) is 27.5 Å². The number of imide groups is 2. The van der Waals surface area contributed by atoms with Crippen LogP contribution in [-0.4, -0.2) is 48.8 Å². The fourth-order valence-corrected chi connectivity index (χ4v) is 8.41. The molecule has 3 fully saturated rings. The first-order valence-electron chi connectivity index (χ1n) is 12.5. The molecule has 1 saturated carbocycles. The molecule has 4 amide bonds. The standard InChI is InChI=1S/C28H21BrCl3FN2O5/c1-12-2-4-14(9-18(12)30)35-23(37)16-6-5-15-17(21(16)24(35)38)10-27(31)25(39)34(11-29)26(40)28(27,32)22(15)13-3-7-20(36)19(33)8-13/h2-5,7-9,16-17,21-22,36H,6,10-11H2,1H3. The molecular weight excluding hydrogens is 650 g/mol. The molecule has 6 atom stereocenters. The van der Waals surface area contributed by atoms with Crippen molar-refractivity contribution in [3.63, 3.8) is 0 Å². The number of carbonyl (C=O) groups excluding carboxylic acids is 4. The van der Waals surface area contributed by atoms with Gasteiger partial charge in [-0.25, -0.2) is 9.29 Å². The lowest BCUT2D eigenvalue weighted by Gasteiger charge is -2.50. The predicted molar refractivity (Wildman–Crippen MR) is 150 cm³/mol. The molecule has 0 bridgehead atoms. The quantitative estimate of drug-likeness (QED) is 0.204. The molecule has 6 unspecified atom stereocenters. The summed E-state index contributed by atoms with van der Waals surface area (Å²) < 4.78 is 14.6. The van der Waals surface area contributed by atoms with Crippen molar-refractivity contribution in [3.8, 4) is 5.75 Å². The maximum atomic E-state index is 14.6. The van der Waals surface area contributed by atoms with Gasteiger partial charge in [-0.1, -0.05) is 51.3 Å². The average Bonchev–Trinajstić information content (AvgIpc) is 3.25. The van der Waals surface area contributed by atoms with Crippen LogP contribution >= 0.6 is 50.7 Å². The Kier molecular flexibility index (Phi) is 6.42. The number of rotatable bonds is 3. The molecule has 40 heavy (non-hydrogen) atoms. The summed E-state index contributed by atoms with van der Waals surface area (Å²) in [7, 11) is 0. The molecule has 2 saturated heterocycles. The van der Waals surface area contributed by atoms with Gasteiger partial charge in [0, 0.05) is 10.9 Å². The van der Waals surface area contributed by atoms with E-state index in [1.54, 1.807) is 31.2 Å². The van der Waals surface area contributed by atoms with Gasteiger partial charge in [-0.05, 0) is 61.1 Å². The molecule has 0 aromatic heterocycles. The number of hydrogen-bond donors (Lipinski definition) is 1. The number of alkyl halides is 3. The van der Waals surface area contributed by atoms with Crippen molar-refractivity contribution in [3.05, 3.63) is 70.0 Å². The molecule has 2 aromatic carbocycles. The summed E-state index contributed by atoms with van der Waals surface area (Å²) in [5.41, 5.74) is 1.69. The fraction of sp³-hybridized carbons (Fsp3) is 0.357. The van der Waals surface area contributed by atoms with Crippen LogP contribution in [0.1, 0.15) is 29.9 Å². The number of carbonyl (C=O) groups is 4. The van der Waals surface area contributed by atoms with E-state index in [1.165, 1.54) is 6.07 Å². The highest BCUT2D eigenvalue weighted by Crippen LogP contribution is 2.65. The van der Waals surface area contributed by atoms with E-state index < -0.39 is 68.6 Å². The minimum atomic E-state index is -2.05. The van der Waals surface area contributed by atoms with Crippen LogP contribution in [0.25, 0.3) is 0 Å². The van der Waals surface area contributed by atoms with Crippen molar-refractivity contribution in [2.45, 2.75) is 35.4 Å². The fourth-order valence-electron chi connectivity index (χ4n) is 6.80. The molecule has 2 aliphatic carbocycles. The van der Waals surface area contributed by atoms with Gasteiger partial charge in [0.2, 0.25) is 11.8 Å². The number of phenolic OH excluding ortho intramolecular Hbond substituents is 1. The first-order valence-corrected chi connectivity index (χ1v) is 14.7. The number of halogens is 5. The van der Waals surface area contributed by atoms with Gasteiger partial charge in [0.15, 0.2) is 21.3 Å². The number of benzene rings is 2. The second kappa shape index (κ2) is 9.28. The molecule has 0 radical (unpaired) electrons. The van der Waals surface area contributed by atoms with Crippen molar-refractivity contribution >= 4 is 80.0 Å². The molecule has 2 aliphatic heterocycles. The Morgan fingerprint density at radius 1 is 1.05 bits per heavy atom. The highest BCUT2D eigenvalue weighted by Gasteiger charge is 2.76. The Morgan fingerprint density at radius 2 is 1.77 bits per heavy atom. The molecule has 4 aliphatic rings. The summed E-state index contributed by atoms with van der Waals surface area (Å²) in [6, 6.07) is 8.51. The average molecular weight is 671 g/mol. The zero-order chi connectivity index (χ0) is 28.9. The van der Waals surface area contributed by atoms with Crippen LogP contribution in [0.5, 0.6) is 5.75 Å². The lowest BCUT2D eigenvalue weighted by atomic mass is 9.56. The van der Waals surface area contributed by atoms with Crippen molar-refractivity contribution in [1.82, 2.24) is 4.90 Å². The lowest BCUT2D eigenvalue weighted by Crippen LogP contribution is -2.60. The summed E-state index contributed by atoms with van der Waals surface area (Å²) in [5.74, 6) is -7.42. The minimum absolute atomic E-state index is 0.167. The summed E-state index contributed by atoms with van der Waals surface area (Å²) in [6.45, 7) is 1.80. The number of phenols is 1. The smallest absolute Gasteiger partial charge is 0.254 e. The van der Waals surface area contributed by atoms with Gasteiger partial charge in [0.1, 0.15) is 0 Å². The Morgan fingerprint density at radius 3 is 2.42 bits per heavy atom. The van der Waals surface area contributed by atoms with Crippen molar-refractivity contribution in [2.75, 3.05) is 10.4 Å². The van der Waals surface area contributed by atoms with E-state index in [1.807, 2.05) is 0 Å². The number of aryl methyl sites for hydroxylation is 1. The Bertz CT molecular complexity index is 1570. The monoisotopic (exact) mass is 668 g/mol. The Labute approximate surface area is 252 Å². The Hall–Kier alpha value is -2.46. The number of nitrogens with zero attached hydrogens (tertiary/aromatic N) is 2. The molecule has 2 aromatic rings. The van der Waals surface area contributed by atoms with Gasteiger partial charge in [-0.2, -0.15) is 0 Å². The number of anilines is 1. The van der Waals surface area contributed by atoms with Crippen molar-refractivity contribution in [1.29, 1.82) is 0 Å². The highest BCUT2D eigenvalue weighted by molar-refractivity contribution is 9.09. The number of allylic oxidation sites excluding steroid dienone is 2. The third kappa shape index (κ3) is 3.47. The molecule has 0 spiro atoms. The van der Waals surface area contributed by atoms with E-state index in [0.29, 0.717) is 16.3 Å². The van der Waals surface area contributed by atoms with Crippen LogP contribution in [0.4, 0.5) is 10.1 Å². The number of hydrogen-bond acceptors (Lipinski definition) is 5. The topological polar surface area (TPSA) is 95.0 Å². The van der Waals surface area contributed by atoms with E-state index in [4.69, 9.17) is 34.8 Å². The molecule has 12 heteroatoms. The van der Waals surface area contributed by atoms with Crippen molar-refractivity contribution in [2.24, 2.45) is 17.8 Å². The summed E-state index contributed by atoms with van der Waals surface area (Å²) in [6.07, 6.45) is 1.74. The minimum Gasteiger partial charge on any atom is -0.505 e. The van der Waals surface area contributed by atoms with Crippen LogP contribution in [0, 0.1) is 30.5 Å². The summed E-state index contributed by atoms with van der Waals surface area (Å²) in [4.78, 5) is 52.9. The largest absolute Gasteiger partial charge is 0.505 e. The Balaban J connectivity index is 1.52. The van der Waals surface area contributed by atoms with Gasteiger partial charge in [0.05, 0.1) is 23.0 Å². The second-order valence-electron chi connectivity index (χ2n) is 10.6. The zero-order valence-corrected chi connectivity index (χ0v) is 24.7.